The van der Waals surface area contributed by atoms with Crippen molar-refractivity contribution in [3.05, 3.63) is 68.5 Å². The highest BCUT2D eigenvalue weighted by atomic mass is 19.2. The summed E-state index contributed by atoms with van der Waals surface area (Å²) >= 11 is 0. The third kappa shape index (κ3) is 2.77. The number of halogens is 5. The lowest BCUT2D eigenvalue weighted by molar-refractivity contribution is -0.385. The van der Waals surface area contributed by atoms with Gasteiger partial charge in [0.1, 0.15) is 5.69 Å². The van der Waals surface area contributed by atoms with Crippen LogP contribution < -0.4 is 5.32 Å². The normalized spacial score (nSPS) is 10.6. The molecule has 0 aliphatic rings. The van der Waals surface area contributed by atoms with Crippen molar-refractivity contribution in [2.45, 2.75) is 6.92 Å². The number of nitrogens with zero attached hydrogens (tertiary/aromatic N) is 1. The van der Waals surface area contributed by atoms with Crippen molar-refractivity contribution < 1.29 is 31.7 Å². The quantitative estimate of drug-likeness (QED) is 0.302. The van der Waals surface area contributed by atoms with Gasteiger partial charge in [0.05, 0.1) is 4.92 Å². The smallest absolute Gasteiger partial charge is 0.273 e. The molecule has 1 N–H and O–H groups in total. The summed E-state index contributed by atoms with van der Waals surface area (Å²) in [6.07, 6.45) is 0. The topological polar surface area (TPSA) is 72.2 Å². The summed E-state index contributed by atoms with van der Waals surface area (Å²) in [6, 6.07) is 3.33. The molecule has 0 aliphatic heterocycles. The van der Waals surface area contributed by atoms with Gasteiger partial charge in [-0.25, -0.2) is 22.0 Å². The standard InChI is InChI=1S/C14H7F5N2O3/c1-5-6(3-2-4-7(5)21(23)24)14(22)20-13-11(18)9(16)8(15)10(17)12(13)19/h2-4H,1H3,(H,20,22). The fourth-order valence-electron chi connectivity index (χ4n) is 1.96. The molecule has 126 valence electrons. The van der Waals surface area contributed by atoms with Crippen LogP contribution in [0.25, 0.3) is 0 Å². The Bertz CT molecular complexity index is 841. The highest BCUT2D eigenvalue weighted by molar-refractivity contribution is 6.06. The van der Waals surface area contributed by atoms with Gasteiger partial charge < -0.3 is 5.32 Å². The fourth-order valence-corrected chi connectivity index (χ4v) is 1.96. The minimum atomic E-state index is -2.37. The number of hydrogen-bond donors (Lipinski definition) is 1. The molecule has 10 heteroatoms. The number of nitro benzene ring substituents is 1. The van der Waals surface area contributed by atoms with Crippen molar-refractivity contribution >= 4 is 17.3 Å². The van der Waals surface area contributed by atoms with Crippen LogP contribution in [0.1, 0.15) is 15.9 Å². The molecule has 0 saturated heterocycles. The van der Waals surface area contributed by atoms with Crippen molar-refractivity contribution in [2.75, 3.05) is 5.32 Å². The lowest BCUT2D eigenvalue weighted by atomic mass is 10.1. The Morgan fingerprint density at radius 1 is 1.00 bits per heavy atom. The van der Waals surface area contributed by atoms with Gasteiger partial charge in [-0.3, -0.25) is 14.9 Å². The molecule has 2 aromatic carbocycles. The first-order valence-corrected chi connectivity index (χ1v) is 6.23. The summed E-state index contributed by atoms with van der Waals surface area (Å²) in [5.41, 5.74) is -2.47. The summed E-state index contributed by atoms with van der Waals surface area (Å²) in [4.78, 5) is 22.0. The first-order valence-electron chi connectivity index (χ1n) is 6.23. The van der Waals surface area contributed by atoms with Crippen molar-refractivity contribution in [1.82, 2.24) is 0 Å². The Labute approximate surface area is 130 Å². The minimum Gasteiger partial charge on any atom is -0.317 e. The predicted octanol–water partition coefficient (Wildman–Crippen LogP) is 3.85. The molecule has 0 atom stereocenters. The maximum absolute atomic E-state index is 13.5. The fraction of sp³-hybridized carbons (Fsp3) is 0.0714. The second-order valence-electron chi connectivity index (χ2n) is 4.61. The number of benzene rings is 2. The SMILES string of the molecule is Cc1c(C(=O)Nc2c(F)c(F)c(F)c(F)c2F)cccc1[N+](=O)[O-]. The van der Waals surface area contributed by atoms with Crippen LogP contribution in [0, 0.1) is 46.1 Å². The Hall–Kier alpha value is -3.04. The molecule has 5 nitrogen and oxygen atoms in total. The molecule has 2 rings (SSSR count). The Kier molecular flexibility index (Phi) is 4.49. The largest absolute Gasteiger partial charge is 0.317 e. The highest BCUT2D eigenvalue weighted by Gasteiger charge is 2.28. The van der Waals surface area contributed by atoms with Crippen LogP contribution in [-0.2, 0) is 0 Å². The van der Waals surface area contributed by atoms with E-state index in [4.69, 9.17) is 0 Å². The van der Waals surface area contributed by atoms with Gasteiger partial charge in [0.15, 0.2) is 23.3 Å². The zero-order chi connectivity index (χ0) is 18.2. The maximum atomic E-state index is 13.5. The van der Waals surface area contributed by atoms with Crippen molar-refractivity contribution in [2.24, 2.45) is 0 Å². The molecule has 2 aromatic rings. The zero-order valence-electron chi connectivity index (χ0n) is 11.8. The van der Waals surface area contributed by atoms with E-state index in [1.54, 1.807) is 5.32 Å². The van der Waals surface area contributed by atoms with E-state index in [1.165, 1.54) is 6.92 Å². The molecule has 0 radical (unpaired) electrons. The number of amides is 1. The van der Waals surface area contributed by atoms with Crippen molar-refractivity contribution in [3.63, 3.8) is 0 Å². The van der Waals surface area contributed by atoms with Crippen LogP contribution in [0.5, 0.6) is 0 Å². The Morgan fingerprint density at radius 3 is 2.00 bits per heavy atom. The summed E-state index contributed by atoms with van der Waals surface area (Å²) in [5.74, 6) is -12.5. The summed E-state index contributed by atoms with van der Waals surface area (Å²) in [5, 5.41) is 12.4. The van der Waals surface area contributed by atoms with Crippen LogP contribution in [0.4, 0.5) is 33.3 Å². The third-order valence-electron chi connectivity index (χ3n) is 3.19. The average molecular weight is 346 g/mol. The van der Waals surface area contributed by atoms with Crippen molar-refractivity contribution in [1.29, 1.82) is 0 Å². The number of rotatable bonds is 3. The lowest BCUT2D eigenvalue weighted by Gasteiger charge is -2.11. The van der Waals surface area contributed by atoms with E-state index in [0.29, 0.717) is 0 Å². The van der Waals surface area contributed by atoms with Gasteiger partial charge in [0.2, 0.25) is 5.82 Å². The predicted molar refractivity (Wildman–Crippen MR) is 72.0 cm³/mol. The van der Waals surface area contributed by atoms with Crippen LogP contribution in [0.15, 0.2) is 18.2 Å². The van der Waals surface area contributed by atoms with E-state index >= 15 is 0 Å². The second kappa shape index (κ2) is 6.22. The number of nitro groups is 1. The van der Waals surface area contributed by atoms with E-state index in [1.807, 2.05) is 0 Å². The first-order chi connectivity index (χ1) is 11.2. The van der Waals surface area contributed by atoms with E-state index in [0.717, 1.165) is 18.2 Å². The molecular formula is C14H7F5N2O3. The molecule has 0 saturated carbocycles. The van der Waals surface area contributed by atoms with Gasteiger partial charge in [0, 0.05) is 17.2 Å². The lowest BCUT2D eigenvalue weighted by Crippen LogP contribution is -2.18. The number of carbonyl (C=O) groups excluding carboxylic acids is 1. The van der Waals surface area contributed by atoms with Crippen LogP contribution in [-0.4, -0.2) is 10.8 Å². The average Bonchev–Trinajstić information content (AvgIpc) is 2.54. The molecule has 0 bridgehead atoms. The van der Waals surface area contributed by atoms with E-state index in [-0.39, 0.29) is 11.1 Å². The molecule has 0 aromatic heterocycles. The number of anilines is 1. The highest BCUT2D eigenvalue weighted by Crippen LogP contribution is 2.28. The van der Waals surface area contributed by atoms with Gasteiger partial charge >= 0.3 is 0 Å². The number of nitrogens with one attached hydrogen (secondary N) is 1. The van der Waals surface area contributed by atoms with Crippen LogP contribution in [0.3, 0.4) is 0 Å². The van der Waals surface area contributed by atoms with E-state index in [9.17, 15) is 36.9 Å². The monoisotopic (exact) mass is 346 g/mol. The number of hydrogen-bond acceptors (Lipinski definition) is 3. The number of carbonyl (C=O) groups is 1. The Morgan fingerprint density at radius 2 is 1.50 bits per heavy atom. The first kappa shape index (κ1) is 17.3. The van der Waals surface area contributed by atoms with Crippen LogP contribution >= 0.6 is 0 Å². The summed E-state index contributed by atoms with van der Waals surface area (Å²) in [7, 11) is 0. The molecule has 0 unspecified atom stereocenters. The van der Waals surface area contributed by atoms with Gasteiger partial charge in [-0.1, -0.05) is 6.07 Å². The minimum absolute atomic E-state index is 0.135. The maximum Gasteiger partial charge on any atom is 0.273 e. The molecule has 1 amide bonds. The molecule has 0 spiro atoms. The zero-order valence-corrected chi connectivity index (χ0v) is 11.8. The van der Waals surface area contributed by atoms with Gasteiger partial charge in [-0.15, -0.1) is 0 Å². The van der Waals surface area contributed by atoms with E-state index in [2.05, 4.69) is 0 Å². The molecule has 0 heterocycles. The summed E-state index contributed by atoms with van der Waals surface area (Å²) in [6.45, 7) is 1.20. The molecule has 0 fully saturated rings. The molecular weight excluding hydrogens is 339 g/mol. The second-order valence-corrected chi connectivity index (χ2v) is 4.61. The Balaban J connectivity index is 2.49. The third-order valence-corrected chi connectivity index (χ3v) is 3.19. The van der Waals surface area contributed by atoms with Gasteiger partial charge in [-0.05, 0) is 13.0 Å². The summed E-state index contributed by atoms with van der Waals surface area (Å²) < 4.78 is 66.2. The van der Waals surface area contributed by atoms with Crippen LogP contribution in [0.2, 0.25) is 0 Å². The van der Waals surface area contributed by atoms with E-state index < -0.39 is 51.3 Å². The molecule has 24 heavy (non-hydrogen) atoms. The molecule has 0 aliphatic carbocycles. The van der Waals surface area contributed by atoms with Crippen molar-refractivity contribution in [3.8, 4) is 0 Å². The van der Waals surface area contributed by atoms with Gasteiger partial charge in [0.25, 0.3) is 11.6 Å². The van der Waals surface area contributed by atoms with Gasteiger partial charge in [-0.2, -0.15) is 0 Å².